The molecule has 0 radical (unpaired) electrons. The Bertz CT molecular complexity index is 492. The van der Waals surface area contributed by atoms with Crippen LogP contribution in [0.3, 0.4) is 0 Å². The van der Waals surface area contributed by atoms with Crippen LogP contribution in [0.2, 0.25) is 0 Å². The topological polar surface area (TPSA) is 76.0 Å². The van der Waals surface area contributed by atoms with Crippen molar-refractivity contribution in [1.82, 2.24) is 20.4 Å². The number of aryl methyl sites for hydroxylation is 2. The van der Waals surface area contributed by atoms with Gasteiger partial charge in [0, 0.05) is 25.2 Å². The van der Waals surface area contributed by atoms with Crippen LogP contribution in [0.1, 0.15) is 37.2 Å². The highest BCUT2D eigenvalue weighted by atomic mass is 16.2. The minimum absolute atomic E-state index is 0.0298. The molecule has 6 nitrogen and oxygen atoms in total. The molecule has 2 amide bonds. The lowest BCUT2D eigenvalue weighted by Gasteiger charge is -2.09. The van der Waals surface area contributed by atoms with E-state index in [-0.39, 0.29) is 24.4 Å². The Labute approximate surface area is 119 Å². The van der Waals surface area contributed by atoms with E-state index in [9.17, 15) is 9.59 Å². The predicted molar refractivity (Wildman–Crippen MR) is 77.3 cm³/mol. The van der Waals surface area contributed by atoms with Gasteiger partial charge >= 0.3 is 0 Å². The van der Waals surface area contributed by atoms with Crippen LogP contribution in [0.5, 0.6) is 0 Å². The third-order valence-corrected chi connectivity index (χ3v) is 3.16. The van der Waals surface area contributed by atoms with Crippen molar-refractivity contribution in [3.05, 3.63) is 17.0 Å². The van der Waals surface area contributed by atoms with E-state index in [0.29, 0.717) is 12.8 Å². The largest absolute Gasteiger partial charge is 0.352 e. The second-order valence-corrected chi connectivity index (χ2v) is 5.27. The Morgan fingerprint density at radius 3 is 2.40 bits per heavy atom. The number of hydrogen-bond acceptors (Lipinski definition) is 3. The van der Waals surface area contributed by atoms with Crippen molar-refractivity contribution in [3.63, 3.8) is 0 Å². The molecule has 0 unspecified atom stereocenters. The molecule has 112 valence electrons. The fourth-order valence-electron chi connectivity index (χ4n) is 2.06. The summed E-state index contributed by atoms with van der Waals surface area (Å²) in [5.74, 6) is -0.284. The molecule has 20 heavy (non-hydrogen) atoms. The third kappa shape index (κ3) is 4.68. The van der Waals surface area contributed by atoms with Gasteiger partial charge in [0.05, 0.1) is 12.2 Å². The van der Waals surface area contributed by atoms with Crippen LogP contribution in [-0.2, 0) is 23.1 Å². The molecule has 0 aliphatic carbocycles. The summed E-state index contributed by atoms with van der Waals surface area (Å²) < 4.78 is 1.82. The summed E-state index contributed by atoms with van der Waals surface area (Å²) in [4.78, 5) is 23.1. The van der Waals surface area contributed by atoms with Crippen LogP contribution < -0.4 is 10.6 Å². The first-order chi connectivity index (χ1) is 9.31. The highest BCUT2D eigenvalue weighted by Gasteiger charge is 2.12. The predicted octanol–water partition coefficient (Wildman–Crippen LogP) is 0.610. The Hall–Kier alpha value is -1.85. The summed E-state index contributed by atoms with van der Waals surface area (Å²) in [5, 5.41) is 9.67. The second-order valence-electron chi connectivity index (χ2n) is 5.27. The van der Waals surface area contributed by atoms with E-state index in [0.717, 1.165) is 17.0 Å². The van der Waals surface area contributed by atoms with Gasteiger partial charge in [0.15, 0.2) is 0 Å². The van der Waals surface area contributed by atoms with E-state index in [1.54, 1.807) is 0 Å². The Morgan fingerprint density at radius 1 is 1.25 bits per heavy atom. The number of hydrogen-bond donors (Lipinski definition) is 2. The maximum absolute atomic E-state index is 11.7. The van der Waals surface area contributed by atoms with E-state index in [2.05, 4.69) is 15.7 Å². The second kappa shape index (κ2) is 7.07. The van der Waals surface area contributed by atoms with Gasteiger partial charge in [-0.1, -0.05) is 0 Å². The highest BCUT2D eigenvalue weighted by Crippen LogP contribution is 2.13. The molecule has 6 heteroatoms. The lowest BCUT2D eigenvalue weighted by Crippen LogP contribution is -2.39. The van der Waals surface area contributed by atoms with E-state index < -0.39 is 0 Å². The number of aromatic nitrogens is 2. The highest BCUT2D eigenvalue weighted by molar-refractivity contribution is 5.84. The minimum Gasteiger partial charge on any atom is -0.352 e. The fraction of sp³-hybridized carbons (Fsp3) is 0.643. The van der Waals surface area contributed by atoms with Gasteiger partial charge in [-0.25, -0.2) is 0 Å². The van der Waals surface area contributed by atoms with Gasteiger partial charge < -0.3 is 10.6 Å². The summed E-state index contributed by atoms with van der Waals surface area (Å²) in [6.07, 6.45) is 1.01. The molecule has 1 rings (SSSR count). The SMILES string of the molecule is Cc1nn(C)c(C)c1CCC(=O)NCC(=O)NC(C)C. The van der Waals surface area contributed by atoms with E-state index >= 15 is 0 Å². The lowest BCUT2D eigenvalue weighted by atomic mass is 10.1. The number of nitrogens with one attached hydrogen (secondary N) is 2. The Morgan fingerprint density at radius 2 is 1.90 bits per heavy atom. The van der Waals surface area contributed by atoms with Crippen LogP contribution >= 0.6 is 0 Å². The molecule has 0 aromatic carbocycles. The average Bonchev–Trinajstić information content (AvgIpc) is 2.58. The summed E-state index contributed by atoms with van der Waals surface area (Å²) in [6.45, 7) is 7.73. The monoisotopic (exact) mass is 280 g/mol. The number of amides is 2. The molecule has 0 saturated carbocycles. The summed E-state index contributed by atoms with van der Waals surface area (Å²) >= 11 is 0. The van der Waals surface area contributed by atoms with Crippen molar-refractivity contribution in [2.24, 2.45) is 7.05 Å². The molecule has 0 spiro atoms. The first-order valence-corrected chi connectivity index (χ1v) is 6.86. The molecule has 1 heterocycles. The van der Waals surface area contributed by atoms with Crippen LogP contribution in [0.4, 0.5) is 0 Å². The summed E-state index contributed by atoms with van der Waals surface area (Å²) in [5.41, 5.74) is 3.14. The average molecular weight is 280 g/mol. The van der Waals surface area contributed by atoms with Gasteiger partial charge in [-0.2, -0.15) is 5.10 Å². The van der Waals surface area contributed by atoms with Gasteiger partial charge in [-0.05, 0) is 39.7 Å². The van der Waals surface area contributed by atoms with Gasteiger partial charge in [-0.3, -0.25) is 14.3 Å². The number of carbonyl (C=O) groups excluding carboxylic acids is 2. The van der Waals surface area contributed by atoms with Crippen molar-refractivity contribution in [3.8, 4) is 0 Å². The van der Waals surface area contributed by atoms with Gasteiger partial charge in [0.25, 0.3) is 0 Å². The zero-order chi connectivity index (χ0) is 15.3. The smallest absolute Gasteiger partial charge is 0.239 e. The van der Waals surface area contributed by atoms with Gasteiger partial charge in [0.1, 0.15) is 0 Å². The van der Waals surface area contributed by atoms with Crippen LogP contribution in [-0.4, -0.2) is 34.2 Å². The normalized spacial score (nSPS) is 10.7. The molecule has 0 bridgehead atoms. The van der Waals surface area contributed by atoms with Gasteiger partial charge in [-0.15, -0.1) is 0 Å². The molecule has 1 aromatic heterocycles. The molecule has 0 saturated heterocycles. The van der Waals surface area contributed by atoms with Crippen LogP contribution in [0.15, 0.2) is 0 Å². The molecule has 0 atom stereocenters. The van der Waals surface area contributed by atoms with Gasteiger partial charge in [0.2, 0.25) is 11.8 Å². The standard InChI is InChI=1S/C14H24N4O2/c1-9(2)16-14(20)8-15-13(19)7-6-12-10(3)17-18(5)11(12)4/h9H,6-8H2,1-5H3,(H,15,19)(H,16,20). The quantitative estimate of drug-likeness (QED) is 0.801. The third-order valence-electron chi connectivity index (χ3n) is 3.16. The number of carbonyl (C=O) groups is 2. The van der Waals surface area contributed by atoms with Crippen molar-refractivity contribution >= 4 is 11.8 Å². The maximum atomic E-state index is 11.7. The van der Waals surface area contributed by atoms with Crippen molar-refractivity contribution in [2.75, 3.05) is 6.54 Å². The molecular weight excluding hydrogens is 256 g/mol. The van der Waals surface area contributed by atoms with E-state index in [4.69, 9.17) is 0 Å². The van der Waals surface area contributed by atoms with E-state index in [1.807, 2.05) is 39.4 Å². The Balaban J connectivity index is 2.38. The first kappa shape index (κ1) is 16.2. The van der Waals surface area contributed by atoms with Crippen molar-refractivity contribution in [2.45, 2.75) is 46.6 Å². The molecule has 0 fully saturated rings. The van der Waals surface area contributed by atoms with E-state index in [1.165, 1.54) is 0 Å². The molecule has 0 aliphatic rings. The minimum atomic E-state index is -0.165. The zero-order valence-corrected chi connectivity index (χ0v) is 12.9. The molecule has 0 aliphatic heterocycles. The lowest BCUT2D eigenvalue weighted by molar-refractivity contribution is -0.126. The zero-order valence-electron chi connectivity index (χ0n) is 12.9. The fourth-order valence-corrected chi connectivity index (χ4v) is 2.06. The molecule has 1 aromatic rings. The molecular formula is C14H24N4O2. The molecule has 2 N–H and O–H groups in total. The summed E-state index contributed by atoms with van der Waals surface area (Å²) in [7, 11) is 1.89. The number of nitrogens with zero attached hydrogens (tertiary/aromatic N) is 2. The van der Waals surface area contributed by atoms with Crippen molar-refractivity contribution < 1.29 is 9.59 Å². The maximum Gasteiger partial charge on any atom is 0.239 e. The summed E-state index contributed by atoms with van der Waals surface area (Å²) in [6, 6.07) is 0.0834. The Kier molecular flexibility index (Phi) is 5.73. The van der Waals surface area contributed by atoms with Crippen molar-refractivity contribution in [1.29, 1.82) is 0 Å². The van der Waals surface area contributed by atoms with Crippen LogP contribution in [0.25, 0.3) is 0 Å². The number of rotatable bonds is 6. The first-order valence-electron chi connectivity index (χ1n) is 6.86. The van der Waals surface area contributed by atoms with Crippen LogP contribution in [0, 0.1) is 13.8 Å².